The second kappa shape index (κ2) is 7.57. The highest BCUT2D eigenvalue weighted by Crippen LogP contribution is 2.29. The molecule has 1 aliphatic carbocycles. The van der Waals surface area contributed by atoms with Crippen molar-refractivity contribution in [2.75, 3.05) is 0 Å². The van der Waals surface area contributed by atoms with Gasteiger partial charge < -0.3 is 0 Å². The molecule has 3 N–H and O–H groups in total. The summed E-state index contributed by atoms with van der Waals surface area (Å²) in [6.07, 6.45) is 9.99. The first-order valence-electron chi connectivity index (χ1n) is 7.82. The quantitative estimate of drug-likeness (QED) is 0.616. The van der Waals surface area contributed by atoms with E-state index in [9.17, 15) is 0 Å². The van der Waals surface area contributed by atoms with Gasteiger partial charge in [-0.2, -0.15) is 5.10 Å². The highest BCUT2D eigenvalue weighted by atomic mass is 79.9. The van der Waals surface area contributed by atoms with Crippen LogP contribution in [0.4, 0.5) is 0 Å². The molecule has 0 radical (unpaired) electrons. The predicted octanol–water partition coefficient (Wildman–Crippen LogP) is 3.09. The minimum Gasteiger partial charge on any atom is -0.271 e. The summed E-state index contributed by atoms with van der Waals surface area (Å²) in [4.78, 5) is 0. The molecule has 0 amide bonds. The first-order valence-corrected chi connectivity index (χ1v) is 8.61. The molecule has 1 fully saturated rings. The Kier molecular flexibility index (Phi) is 6.05. The maximum absolute atomic E-state index is 5.78. The van der Waals surface area contributed by atoms with Crippen molar-refractivity contribution in [2.24, 2.45) is 18.8 Å². The van der Waals surface area contributed by atoms with Gasteiger partial charge in [-0.25, -0.2) is 0 Å². The van der Waals surface area contributed by atoms with Crippen LogP contribution >= 0.6 is 15.9 Å². The van der Waals surface area contributed by atoms with Crippen LogP contribution in [0, 0.1) is 5.92 Å². The minimum atomic E-state index is 0.342. The zero-order valence-corrected chi connectivity index (χ0v) is 14.2. The number of aromatic nitrogens is 2. The Morgan fingerprint density at radius 2 is 2.10 bits per heavy atom. The van der Waals surface area contributed by atoms with Crippen LogP contribution in [0.25, 0.3) is 0 Å². The Hall–Kier alpha value is -0.390. The van der Waals surface area contributed by atoms with Gasteiger partial charge in [0.1, 0.15) is 0 Å². The summed E-state index contributed by atoms with van der Waals surface area (Å²) < 4.78 is 3.15. The van der Waals surface area contributed by atoms with Gasteiger partial charge in [-0.1, -0.05) is 39.0 Å². The molecule has 1 saturated carbocycles. The number of nitrogens with one attached hydrogen (secondary N) is 1. The van der Waals surface area contributed by atoms with Crippen LogP contribution in [0.2, 0.25) is 0 Å². The molecule has 0 aliphatic heterocycles. The molecule has 2 rings (SSSR count). The molecule has 20 heavy (non-hydrogen) atoms. The van der Waals surface area contributed by atoms with E-state index in [4.69, 9.17) is 5.84 Å². The zero-order valence-electron chi connectivity index (χ0n) is 12.7. The lowest BCUT2D eigenvalue weighted by Crippen LogP contribution is -2.39. The third-order valence-corrected chi connectivity index (χ3v) is 5.44. The second-order valence-electron chi connectivity index (χ2n) is 5.99. The molecule has 0 bridgehead atoms. The summed E-state index contributed by atoms with van der Waals surface area (Å²) in [5.41, 5.74) is 5.40. The highest BCUT2D eigenvalue weighted by molar-refractivity contribution is 9.10. The van der Waals surface area contributed by atoms with Gasteiger partial charge in [-0.05, 0) is 34.7 Å². The van der Waals surface area contributed by atoms with Crippen molar-refractivity contribution in [3.63, 3.8) is 0 Å². The number of hydrogen-bond acceptors (Lipinski definition) is 3. The second-order valence-corrected chi connectivity index (χ2v) is 6.78. The SMILES string of the molecule is CCc1nn(C)c(CC(CC2CCCCC2)NN)c1Br. The third-order valence-electron chi connectivity index (χ3n) is 4.52. The van der Waals surface area contributed by atoms with E-state index in [0.717, 1.165) is 28.9 Å². The van der Waals surface area contributed by atoms with Crippen LogP contribution in [-0.4, -0.2) is 15.8 Å². The summed E-state index contributed by atoms with van der Waals surface area (Å²) >= 11 is 3.69. The Labute approximate surface area is 130 Å². The molecule has 4 nitrogen and oxygen atoms in total. The maximum atomic E-state index is 5.78. The van der Waals surface area contributed by atoms with Crippen molar-refractivity contribution >= 4 is 15.9 Å². The highest BCUT2D eigenvalue weighted by Gasteiger charge is 2.21. The fraction of sp³-hybridized carbons (Fsp3) is 0.800. The lowest BCUT2D eigenvalue weighted by Gasteiger charge is -2.26. The van der Waals surface area contributed by atoms with Gasteiger partial charge in [0.25, 0.3) is 0 Å². The monoisotopic (exact) mass is 342 g/mol. The van der Waals surface area contributed by atoms with Crippen LogP contribution in [0.1, 0.15) is 56.8 Å². The molecular formula is C15H27BrN4. The largest absolute Gasteiger partial charge is 0.271 e. The molecule has 1 aliphatic rings. The van der Waals surface area contributed by atoms with Crippen molar-refractivity contribution < 1.29 is 0 Å². The van der Waals surface area contributed by atoms with Crippen molar-refractivity contribution in [3.05, 3.63) is 15.9 Å². The smallest absolute Gasteiger partial charge is 0.0766 e. The van der Waals surface area contributed by atoms with Crippen molar-refractivity contribution in [1.82, 2.24) is 15.2 Å². The van der Waals surface area contributed by atoms with E-state index < -0.39 is 0 Å². The molecule has 1 aromatic rings. The fourth-order valence-electron chi connectivity index (χ4n) is 3.31. The third kappa shape index (κ3) is 3.83. The van der Waals surface area contributed by atoms with Crippen LogP contribution < -0.4 is 11.3 Å². The topological polar surface area (TPSA) is 55.9 Å². The molecule has 0 spiro atoms. The van der Waals surface area contributed by atoms with Gasteiger partial charge in [0.15, 0.2) is 0 Å². The van der Waals surface area contributed by atoms with Gasteiger partial charge in [0, 0.05) is 19.5 Å². The minimum absolute atomic E-state index is 0.342. The first kappa shape index (κ1) is 16.0. The molecule has 0 saturated heterocycles. The number of aryl methyl sites for hydroxylation is 2. The number of nitrogens with two attached hydrogens (primary N) is 1. The molecule has 114 valence electrons. The first-order chi connectivity index (χ1) is 9.65. The van der Waals surface area contributed by atoms with Gasteiger partial charge in [0.2, 0.25) is 0 Å². The van der Waals surface area contributed by atoms with E-state index in [2.05, 4.69) is 33.4 Å². The predicted molar refractivity (Wildman–Crippen MR) is 86.3 cm³/mol. The van der Waals surface area contributed by atoms with Crippen LogP contribution in [-0.2, 0) is 19.9 Å². The van der Waals surface area contributed by atoms with Crippen LogP contribution in [0.15, 0.2) is 4.47 Å². The van der Waals surface area contributed by atoms with E-state index in [1.165, 1.54) is 44.2 Å². The maximum Gasteiger partial charge on any atom is 0.0766 e. The average Bonchev–Trinajstić information content (AvgIpc) is 2.74. The number of hydrogen-bond donors (Lipinski definition) is 2. The van der Waals surface area contributed by atoms with E-state index in [-0.39, 0.29) is 0 Å². The van der Waals surface area contributed by atoms with Gasteiger partial charge in [0.05, 0.1) is 15.9 Å². The summed E-state index contributed by atoms with van der Waals surface area (Å²) in [5, 5.41) is 4.56. The molecule has 5 heteroatoms. The molecule has 1 aromatic heterocycles. The van der Waals surface area contributed by atoms with Crippen molar-refractivity contribution in [3.8, 4) is 0 Å². The number of rotatable bonds is 6. The molecule has 1 unspecified atom stereocenters. The molecule has 1 atom stereocenters. The lowest BCUT2D eigenvalue weighted by atomic mass is 9.84. The Balaban J connectivity index is 2.00. The van der Waals surface area contributed by atoms with Crippen LogP contribution in [0.3, 0.4) is 0 Å². The normalized spacial score (nSPS) is 18.4. The fourth-order valence-corrected chi connectivity index (χ4v) is 4.09. The Morgan fingerprint density at radius 1 is 1.40 bits per heavy atom. The Bertz CT molecular complexity index is 424. The van der Waals surface area contributed by atoms with Gasteiger partial charge >= 0.3 is 0 Å². The number of nitrogens with zero attached hydrogens (tertiary/aromatic N) is 2. The van der Waals surface area contributed by atoms with E-state index in [1.807, 2.05) is 11.7 Å². The number of halogens is 1. The summed E-state index contributed by atoms with van der Waals surface area (Å²) in [7, 11) is 2.02. The van der Waals surface area contributed by atoms with E-state index in [1.54, 1.807) is 0 Å². The van der Waals surface area contributed by atoms with Crippen molar-refractivity contribution in [2.45, 2.75) is 64.3 Å². The van der Waals surface area contributed by atoms with Gasteiger partial charge in [-0.15, -0.1) is 0 Å². The van der Waals surface area contributed by atoms with Crippen LogP contribution in [0.5, 0.6) is 0 Å². The zero-order chi connectivity index (χ0) is 14.5. The summed E-state index contributed by atoms with van der Waals surface area (Å²) in [5.74, 6) is 6.62. The van der Waals surface area contributed by atoms with Crippen molar-refractivity contribution in [1.29, 1.82) is 0 Å². The lowest BCUT2D eigenvalue weighted by molar-refractivity contribution is 0.296. The van der Waals surface area contributed by atoms with E-state index >= 15 is 0 Å². The molecule has 1 heterocycles. The summed E-state index contributed by atoms with van der Waals surface area (Å²) in [6.45, 7) is 2.14. The average molecular weight is 343 g/mol. The Morgan fingerprint density at radius 3 is 2.65 bits per heavy atom. The van der Waals surface area contributed by atoms with Gasteiger partial charge in [-0.3, -0.25) is 16.0 Å². The number of hydrazine groups is 1. The molecule has 0 aromatic carbocycles. The summed E-state index contributed by atoms with van der Waals surface area (Å²) in [6, 6.07) is 0.342. The van der Waals surface area contributed by atoms with E-state index in [0.29, 0.717) is 6.04 Å². The standard InChI is InChI=1S/C15H27BrN4/c1-3-13-15(16)14(20(2)19-13)10-12(18-17)9-11-7-5-4-6-8-11/h11-12,18H,3-10,17H2,1-2H3. The molecular weight excluding hydrogens is 316 g/mol.